The molecule has 0 aromatic heterocycles. The van der Waals surface area contributed by atoms with Gasteiger partial charge in [0.15, 0.2) is 0 Å². The second-order valence-electron chi connectivity index (χ2n) is 6.43. The van der Waals surface area contributed by atoms with E-state index in [1.807, 2.05) is 36.0 Å². The van der Waals surface area contributed by atoms with Crippen molar-refractivity contribution >= 4 is 17.7 Å². The summed E-state index contributed by atoms with van der Waals surface area (Å²) in [7, 11) is 1.64. The molecule has 2 fully saturated rings. The quantitative estimate of drug-likeness (QED) is 0.844. The number of nitrogens with zero attached hydrogens (tertiary/aromatic N) is 1. The van der Waals surface area contributed by atoms with Gasteiger partial charge in [-0.05, 0) is 29.9 Å². The molecule has 0 aliphatic carbocycles. The van der Waals surface area contributed by atoms with Crippen molar-refractivity contribution in [2.75, 3.05) is 51.5 Å². The lowest BCUT2D eigenvalue weighted by Crippen LogP contribution is -2.59. The highest BCUT2D eigenvalue weighted by Crippen LogP contribution is 2.33. The Kier molecular flexibility index (Phi) is 6.03. The molecule has 0 radical (unpaired) electrons. The van der Waals surface area contributed by atoms with Crippen LogP contribution in [0.25, 0.3) is 0 Å². The van der Waals surface area contributed by atoms with Crippen molar-refractivity contribution in [1.29, 1.82) is 0 Å². The molecule has 1 aromatic rings. The average molecular weight is 350 g/mol. The molecule has 1 atom stereocenters. The number of carbonyl (C=O) groups is 1. The van der Waals surface area contributed by atoms with E-state index in [2.05, 4.69) is 10.2 Å². The van der Waals surface area contributed by atoms with Crippen LogP contribution in [0.3, 0.4) is 0 Å². The summed E-state index contributed by atoms with van der Waals surface area (Å²) >= 11 is 1.98. The Labute approximate surface area is 148 Å². The first-order chi connectivity index (χ1) is 11.7. The molecule has 3 rings (SSSR count). The Hall–Kier alpha value is -1.24. The van der Waals surface area contributed by atoms with Crippen molar-refractivity contribution in [1.82, 2.24) is 10.2 Å². The summed E-state index contributed by atoms with van der Waals surface area (Å²) in [5.74, 6) is 3.13. The van der Waals surface area contributed by atoms with Gasteiger partial charge in [-0.15, -0.1) is 0 Å². The predicted octanol–water partition coefficient (Wildman–Crippen LogP) is 1.56. The third-order valence-corrected chi connectivity index (χ3v) is 6.11. The van der Waals surface area contributed by atoms with Gasteiger partial charge in [-0.2, -0.15) is 11.8 Å². The maximum atomic E-state index is 12.4. The van der Waals surface area contributed by atoms with Gasteiger partial charge in [-0.1, -0.05) is 12.1 Å². The number of morpholine rings is 1. The first kappa shape index (κ1) is 17.6. The Morgan fingerprint density at radius 3 is 2.96 bits per heavy atom. The number of thioether (sulfide) groups is 1. The van der Waals surface area contributed by atoms with Crippen LogP contribution in [0.4, 0.5) is 0 Å². The van der Waals surface area contributed by atoms with Crippen molar-refractivity contribution in [3.8, 4) is 5.75 Å². The molecule has 2 aliphatic rings. The Morgan fingerprint density at radius 1 is 1.42 bits per heavy atom. The predicted molar refractivity (Wildman–Crippen MR) is 96.8 cm³/mol. The molecule has 0 spiro atoms. The fourth-order valence-electron chi connectivity index (χ4n) is 3.43. The molecule has 1 amide bonds. The second kappa shape index (κ2) is 8.23. The molecule has 6 heteroatoms. The number of carbonyl (C=O) groups excluding carboxylic acids is 1. The van der Waals surface area contributed by atoms with Crippen molar-refractivity contribution in [3.05, 3.63) is 29.8 Å². The van der Waals surface area contributed by atoms with Crippen LogP contribution < -0.4 is 10.1 Å². The van der Waals surface area contributed by atoms with Crippen molar-refractivity contribution < 1.29 is 14.3 Å². The molecule has 1 aromatic carbocycles. The van der Waals surface area contributed by atoms with Crippen LogP contribution in [0.2, 0.25) is 0 Å². The third kappa shape index (κ3) is 4.23. The number of ether oxygens (including phenoxy) is 2. The van der Waals surface area contributed by atoms with Gasteiger partial charge >= 0.3 is 0 Å². The van der Waals surface area contributed by atoms with Crippen molar-refractivity contribution in [3.63, 3.8) is 0 Å². The highest BCUT2D eigenvalue weighted by atomic mass is 32.2. The zero-order valence-electron chi connectivity index (χ0n) is 14.3. The van der Waals surface area contributed by atoms with Gasteiger partial charge in [0.2, 0.25) is 5.91 Å². The molecular formula is C18H26N2O3S. The number of nitrogens with one attached hydrogen (secondary N) is 1. The fraction of sp³-hybridized carbons (Fsp3) is 0.611. The summed E-state index contributed by atoms with van der Waals surface area (Å²) < 4.78 is 10.7. The van der Waals surface area contributed by atoms with E-state index >= 15 is 0 Å². The van der Waals surface area contributed by atoms with Gasteiger partial charge in [0.25, 0.3) is 0 Å². The smallest absolute Gasteiger partial charge is 0.224 e. The van der Waals surface area contributed by atoms with Gasteiger partial charge in [0.1, 0.15) is 5.75 Å². The van der Waals surface area contributed by atoms with Crippen molar-refractivity contribution in [2.45, 2.75) is 18.4 Å². The van der Waals surface area contributed by atoms with Gasteiger partial charge in [0, 0.05) is 30.9 Å². The zero-order valence-corrected chi connectivity index (χ0v) is 15.1. The van der Waals surface area contributed by atoms with E-state index in [-0.39, 0.29) is 11.4 Å². The molecule has 2 aliphatic heterocycles. The van der Waals surface area contributed by atoms with Crippen LogP contribution in [0.15, 0.2) is 24.3 Å². The van der Waals surface area contributed by atoms with Gasteiger partial charge in [-0.3, -0.25) is 9.69 Å². The van der Waals surface area contributed by atoms with Crippen LogP contribution in [0.1, 0.15) is 12.0 Å². The Balaban J connectivity index is 1.57. The summed E-state index contributed by atoms with van der Waals surface area (Å²) in [6, 6.07) is 7.70. The molecular weight excluding hydrogens is 324 g/mol. The molecule has 1 N–H and O–H groups in total. The van der Waals surface area contributed by atoms with Gasteiger partial charge < -0.3 is 14.8 Å². The number of amides is 1. The summed E-state index contributed by atoms with van der Waals surface area (Å²) in [5.41, 5.74) is 1.08. The van der Waals surface area contributed by atoms with E-state index in [0.29, 0.717) is 6.42 Å². The maximum absolute atomic E-state index is 12.4. The van der Waals surface area contributed by atoms with E-state index in [9.17, 15) is 4.79 Å². The minimum atomic E-state index is 0.0767. The summed E-state index contributed by atoms with van der Waals surface area (Å²) in [6.45, 7) is 4.25. The number of benzene rings is 1. The van der Waals surface area contributed by atoms with Gasteiger partial charge in [-0.25, -0.2) is 0 Å². The monoisotopic (exact) mass is 350 g/mol. The average Bonchev–Trinajstić information content (AvgIpc) is 3.11. The molecule has 2 saturated heterocycles. The first-order valence-electron chi connectivity index (χ1n) is 8.52. The molecule has 2 heterocycles. The Bertz CT molecular complexity index is 555. The lowest BCUT2D eigenvalue weighted by atomic mass is 9.95. The molecule has 132 valence electrons. The van der Waals surface area contributed by atoms with Crippen LogP contribution >= 0.6 is 11.8 Å². The number of hydrogen-bond donors (Lipinski definition) is 1. The van der Waals surface area contributed by atoms with Crippen LogP contribution in [0.5, 0.6) is 5.75 Å². The molecule has 5 nitrogen and oxygen atoms in total. The van der Waals surface area contributed by atoms with Gasteiger partial charge in [0.05, 0.1) is 26.7 Å². The topological polar surface area (TPSA) is 50.8 Å². The zero-order chi connectivity index (χ0) is 16.8. The molecule has 24 heavy (non-hydrogen) atoms. The second-order valence-corrected chi connectivity index (χ2v) is 7.54. The highest BCUT2D eigenvalue weighted by molar-refractivity contribution is 7.99. The van der Waals surface area contributed by atoms with E-state index in [0.717, 1.165) is 56.3 Å². The third-order valence-electron chi connectivity index (χ3n) is 4.88. The van der Waals surface area contributed by atoms with E-state index in [4.69, 9.17) is 9.47 Å². The lowest BCUT2D eigenvalue weighted by Gasteiger charge is -2.43. The first-order valence-corrected chi connectivity index (χ1v) is 9.67. The van der Waals surface area contributed by atoms with E-state index in [1.165, 1.54) is 5.75 Å². The van der Waals surface area contributed by atoms with Crippen LogP contribution in [-0.4, -0.2) is 67.8 Å². The molecule has 1 unspecified atom stereocenters. The lowest BCUT2D eigenvalue weighted by molar-refractivity contribution is -0.121. The van der Waals surface area contributed by atoms with E-state index < -0.39 is 0 Å². The summed E-state index contributed by atoms with van der Waals surface area (Å²) in [4.78, 5) is 14.9. The SMILES string of the molecule is COc1cccc(CC(=O)NCC2(N3CCOCC3)CCSC2)c1. The highest BCUT2D eigenvalue weighted by Gasteiger charge is 2.40. The minimum absolute atomic E-state index is 0.0767. The maximum Gasteiger partial charge on any atom is 0.224 e. The van der Waals surface area contributed by atoms with Crippen molar-refractivity contribution in [2.24, 2.45) is 0 Å². The van der Waals surface area contributed by atoms with E-state index in [1.54, 1.807) is 7.11 Å². The summed E-state index contributed by atoms with van der Waals surface area (Å²) in [6.07, 6.45) is 1.53. The fourth-order valence-corrected chi connectivity index (χ4v) is 4.91. The Morgan fingerprint density at radius 2 is 2.25 bits per heavy atom. The summed E-state index contributed by atoms with van der Waals surface area (Å²) in [5, 5.41) is 3.17. The molecule has 0 bridgehead atoms. The number of hydrogen-bond acceptors (Lipinski definition) is 5. The normalized spacial score (nSPS) is 24.7. The largest absolute Gasteiger partial charge is 0.497 e. The van der Waals surface area contributed by atoms with Crippen LogP contribution in [0, 0.1) is 0 Å². The standard InChI is InChI=1S/C18H26N2O3S/c1-22-16-4-2-3-15(11-16)12-17(21)19-13-18(5-10-24-14-18)20-6-8-23-9-7-20/h2-4,11H,5-10,12-14H2,1H3,(H,19,21). The molecule has 0 saturated carbocycles. The number of methoxy groups -OCH3 is 1. The van der Waals surface area contributed by atoms with Crippen LogP contribution in [-0.2, 0) is 16.0 Å². The number of rotatable bonds is 6. The minimum Gasteiger partial charge on any atom is -0.497 e.